The van der Waals surface area contributed by atoms with Gasteiger partial charge in [-0.15, -0.1) is 0 Å². The van der Waals surface area contributed by atoms with E-state index in [1.54, 1.807) is 0 Å². The molecule has 0 spiro atoms. The zero-order valence-electron chi connectivity index (χ0n) is 10.1. The summed E-state index contributed by atoms with van der Waals surface area (Å²) in [6.07, 6.45) is 2.29. The van der Waals surface area contributed by atoms with Crippen molar-refractivity contribution in [3.05, 3.63) is 29.8 Å². The summed E-state index contributed by atoms with van der Waals surface area (Å²) >= 11 is 0. The molecule has 1 aromatic rings. The monoisotopic (exact) mass is 232 g/mol. The Morgan fingerprint density at radius 1 is 1.35 bits per heavy atom. The Morgan fingerprint density at radius 3 is 3.12 bits per heavy atom. The van der Waals surface area contributed by atoms with Crippen LogP contribution in [0.25, 0.3) is 0 Å². The van der Waals surface area contributed by atoms with Gasteiger partial charge in [0.25, 0.3) is 0 Å². The van der Waals surface area contributed by atoms with Crippen molar-refractivity contribution in [3.63, 3.8) is 0 Å². The van der Waals surface area contributed by atoms with Crippen LogP contribution in [-0.4, -0.2) is 37.4 Å². The molecule has 0 saturated carbocycles. The summed E-state index contributed by atoms with van der Waals surface area (Å²) < 4.78 is 0. The Hall–Kier alpha value is -1.06. The van der Waals surface area contributed by atoms with E-state index in [1.807, 2.05) is 0 Å². The van der Waals surface area contributed by atoms with Crippen molar-refractivity contribution in [1.29, 1.82) is 0 Å². The van der Waals surface area contributed by atoms with E-state index in [9.17, 15) is 5.11 Å². The van der Waals surface area contributed by atoms with Crippen LogP contribution in [0.5, 0.6) is 0 Å². The first-order chi connectivity index (χ1) is 8.40. The minimum Gasteiger partial charge on any atom is -0.396 e. The lowest BCUT2D eigenvalue weighted by atomic mass is 9.92. The van der Waals surface area contributed by atoms with E-state index in [0.717, 1.165) is 32.5 Å². The summed E-state index contributed by atoms with van der Waals surface area (Å²) in [5, 5.41) is 12.9. The van der Waals surface area contributed by atoms with Gasteiger partial charge in [-0.3, -0.25) is 0 Å². The molecule has 2 aliphatic heterocycles. The van der Waals surface area contributed by atoms with Gasteiger partial charge >= 0.3 is 0 Å². The molecule has 1 aromatic carbocycles. The number of aliphatic hydroxyl groups excluding tert-OH is 1. The lowest BCUT2D eigenvalue weighted by molar-refractivity contribution is 0.177. The van der Waals surface area contributed by atoms with Crippen molar-refractivity contribution in [3.8, 4) is 0 Å². The van der Waals surface area contributed by atoms with Gasteiger partial charge in [0.15, 0.2) is 0 Å². The van der Waals surface area contributed by atoms with Crippen molar-refractivity contribution in [2.75, 3.05) is 31.1 Å². The SMILES string of the molecule is OC[C@H]1CNCC[C@@H]1N1CCc2ccccc21. The van der Waals surface area contributed by atoms with Crippen LogP contribution < -0.4 is 10.2 Å². The normalized spacial score (nSPS) is 28.2. The highest BCUT2D eigenvalue weighted by molar-refractivity contribution is 5.58. The van der Waals surface area contributed by atoms with Gasteiger partial charge in [-0.1, -0.05) is 18.2 Å². The molecule has 0 unspecified atom stereocenters. The van der Waals surface area contributed by atoms with Crippen molar-refractivity contribution in [1.82, 2.24) is 5.32 Å². The number of fused-ring (bicyclic) bond motifs is 1. The topological polar surface area (TPSA) is 35.5 Å². The van der Waals surface area contributed by atoms with Gasteiger partial charge in [0, 0.05) is 37.3 Å². The average molecular weight is 232 g/mol. The molecular weight excluding hydrogens is 212 g/mol. The number of nitrogens with one attached hydrogen (secondary N) is 1. The van der Waals surface area contributed by atoms with Crippen LogP contribution in [0.3, 0.4) is 0 Å². The second-order valence-corrected chi connectivity index (χ2v) is 5.07. The van der Waals surface area contributed by atoms with E-state index in [1.165, 1.54) is 11.3 Å². The summed E-state index contributed by atoms with van der Waals surface area (Å²) in [6.45, 7) is 3.41. The molecule has 1 saturated heterocycles. The van der Waals surface area contributed by atoms with Crippen LogP contribution in [0.4, 0.5) is 5.69 Å². The molecule has 2 atom stereocenters. The maximum absolute atomic E-state index is 9.50. The van der Waals surface area contributed by atoms with E-state index in [0.29, 0.717) is 12.0 Å². The molecule has 0 amide bonds. The largest absolute Gasteiger partial charge is 0.396 e. The minimum atomic E-state index is 0.288. The van der Waals surface area contributed by atoms with Crippen LogP contribution in [0.15, 0.2) is 24.3 Å². The van der Waals surface area contributed by atoms with Gasteiger partial charge in [-0.05, 0) is 31.0 Å². The molecule has 0 aliphatic carbocycles. The van der Waals surface area contributed by atoms with Gasteiger partial charge in [0.2, 0.25) is 0 Å². The minimum absolute atomic E-state index is 0.288. The van der Waals surface area contributed by atoms with E-state index in [4.69, 9.17) is 0 Å². The van der Waals surface area contributed by atoms with E-state index in [-0.39, 0.29) is 6.61 Å². The maximum atomic E-state index is 9.50. The first-order valence-corrected chi connectivity index (χ1v) is 6.56. The zero-order valence-corrected chi connectivity index (χ0v) is 10.1. The van der Waals surface area contributed by atoms with Crippen molar-refractivity contribution >= 4 is 5.69 Å². The molecule has 2 N–H and O–H groups in total. The Labute approximate surface area is 102 Å². The molecule has 1 fully saturated rings. The van der Waals surface area contributed by atoms with Crippen LogP contribution in [0.2, 0.25) is 0 Å². The molecular formula is C14H20N2O. The van der Waals surface area contributed by atoms with Crippen LogP contribution in [-0.2, 0) is 6.42 Å². The maximum Gasteiger partial charge on any atom is 0.0491 e. The Bertz CT molecular complexity index is 394. The predicted molar refractivity (Wildman–Crippen MR) is 69.3 cm³/mol. The Kier molecular flexibility index (Phi) is 3.04. The first kappa shape index (κ1) is 11.1. The number of hydrogen-bond donors (Lipinski definition) is 2. The standard InChI is InChI=1S/C14H20N2O/c17-10-12-9-15-7-5-14(12)16-8-6-11-3-1-2-4-13(11)16/h1-4,12,14-15,17H,5-10H2/t12-,14+/m1/s1. The van der Waals surface area contributed by atoms with Crippen LogP contribution >= 0.6 is 0 Å². The molecule has 0 radical (unpaired) electrons. The summed E-state index contributed by atoms with van der Waals surface area (Å²) in [4.78, 5) is 2.51. The third kappa shape index (κ3) is 1.94. The highest BCUT2D eigenvalue weighted by Gasteiger charge is 2.32. The lowest BCUT2D eigenvalue weighted by Gasteiger charge is -2.39. The number of para-hydroxylation sites is 1. The van der Waals surface area contributed by atoms with E-state index >= 15 is 0 Å². The van der Waals surface area contributed by atoms with E-state index in [2.05, 4.69) is 34.5 Å². The summed E-state index contributed by atoms with van der Waals surface area (Å²) in [5.41, 5.74) is 2.85. The number of nitrogens with zero attached hydrogens (tertiary/aromatic N) is 1. The van der Waals surface area contributed by atoms with Gasteiger partial charge in [-0.2, -0.15) is 0 Å². The number of aliphatic hydroxyl groups is 1. The molecule has 2 heterocycles. The molecule has 17 heavy (non-hydrogen) atoms. The zero-order chi connectivity index (χ0) is 11.7. The molecule has 2 aliphatic rings. The molecule has 3 nitrogen and oxygen atoms in total. The fourth-order valence-corrected chi connectivity index (χ4v) is 3.21. The molecule has 92 valence electrons. The predicted octanol–water partition coefficient (Wildman–Crippen LogP) is 1.02. The number of piperidine rings is 1. The number of benzene rings is 1. The molecule has 3 rings (SSSR count). The lowest BCUT2D eigenvalue weighted by Crippen LogP contribution is -2.50. The highest BCUT2D eigenvalue weighted by atomic mass is 16.3. The van der Waals surface area contributed by atoms with Gasteiger partial charge in [0.05, 0.1) is 0 Å². The Morgan fingerprint density at radius 2 is 2.24 bits per heavy atom. The first-order valence-electron chi connectivity index (χ1n) is 6.56. The average Bonchev–Trinajstić information content (AvgIpc) is 2.82. The number of rotatable bonds is 2. The molecule has 0 aromatic heterocycles. The summed E-state index contributed by atoms with van der Waals surface area (Å²) in [5.74, 6) is 0.370. The third-order valence-electron chi connectivity index (χ3n) is 4.13. The van der Waals surface area contributed by atoms with Crippen molar-refractivity contribution < 1.29 is 5.11 Å². The number of anilines is 1. The molecule has 0 bridgehead atoms. The van der Waals surface area contributed by atoms with Crippen LogP contribution in [0, 0.1) is 5.92 Å². The summed E-state index contributed by atoms with van der Waals surface area (Å²) in [6, 6.07) is 9.19. The fourth-order valence-electron chi connectivity index (χ4n) is 3.21. The van der Waals surface area contributed by atoms with Crippen molar-refractivity contribution in [2.24, 2.45) is 5.92 Å². The van der Waals surface area contributed by atoms with Gasteiger partial charge in [-0.25, -0.2) is 0 Å². The van der Waals surface area contributed by atoms with Gasteiger partial charge in [0.1, 0.15) is 0 Å². The molecule has 3 heteroatoms. The fraction of sp³-hybridized carbons (Fsp3) is 0.571. The highest BCUT2D eigenvalue weighted by Crippen LogP contribution is 2.32. The second kappa shape index (κ2) is 4.67. The van der Waals surface area contributed by atoms with Gasteiger partial charge < -0.3 is 15.3 Å². The Balaban J connectivity index is 1.85. The third-order valence-corrected chi connectivity index (χ3v) is 4.13. The van der Waals surface area contributed by atoms with Crippen molar-refractivity contribution in [2.45, 2.75) is 18.9 Å². The van der Waals surface area contributed by atoms with E-state index < -0.39 is 0 Å². The van der Waals surface area contributed by atoms with Crippen LogP contribution in [0.1, 0.15) is 12.0 Å². The smallest absolute Gasteiger partial charge is 0.0491 e. The summed E-state index contributed by atoms with van der Waals surface area (Å²) in [7, 11) is 0. The number of hydrogen-bond acceptors (Lipinski definition) is 3. The quantitative estimate of drug-likeness (QED) is 0.799. The second-order valence-electron chi connectivity index (χ2n) is 5.07.